The molecule has 226 valence electrons. The summed E-state index contributed by atoms with van der Waals surface area (Å²) in [6.07, 6.45) is 2.75. The van der Waals surface area contributed by atoms with Gasteiger partial charge in [0.25, 0.3) is 0 Å². The van der Waals surface area contributed by atoms with Crippen LogP contribution in [0.5, 0.6) is 5.75 Å². The van der Waals surface area contributed by atoms with Gasteiger partial charge in [0.2, 0.25) is 5.91 Å². The Hall–Kier alpha value is -3.09. The lowest BCUT2D eigenvalue weighted by atomic mass is 9.69. The number of aromatic hydroxyl groups is 1. The highest BCUT2D eigenvalue weighted by Crippen LogP contribution is 2.44. The van der Waals surface area contributed by atoms with Crippen molar-refractivity contribution in [2.75, 3.05) is 40.4 Å². The third-order valence-corrected chi connectivity index (χ3v) is 8.43. The third-order valence-electron chi connectivity index (χ3n) is 8.43. The van der Waals surface area contributed by atoms with Gasteiger partial charge in [0, 0.05) is 36.1 Å². The van der Waals surface area contributed by atoms with Crippen LogP contribution < -0.4 is 5.73 Å². The van der Waals surface area contributed by atoms with Crippen molar-refractivity contribution in [2.24, 2.45) is 17.6 Å². The Bertz CT molecular complexity index is 1220. The largest absolute Gasteiger partial charge is 0.507 e. The number of carbonyl (C=O) groups is 3. The van der Waals surface area contributed by atoms with Gasteiger partial charge in [-0.3, -0.25) is 19.3 Å². The topological polar surface area (TPSA) is 178 Å². The molecule has 6 N–H and O–H groups in total. The number of ketones is 2. The summed E-state index contributed by atoms with van der Waals surface area (Å²) in [5, 5.41) is 43.2. The van der Waals surface area contributed by atoms with Gasteiger partial charge in [-0.25, -0.2) is 0 Å². The molecule has 11 heteroatoms. The number of aliphatic hydroxyl groups excluding tert-OH is 2. The number of likely N-dealkylation sites (N-methyl/N-ethyl adjacent to an activating group) is 1. The lowest BCUT2D eigenvalue weighted by Crippen LogP contribution is -2.58. The lowest BCUT2D eigenvalue weighted by molar-refractivity contribution is -0.157. The number of nitrogens with zero attached hydrogens (tertiary/aromatic N) is 2. The van der Waals surface area contributed by atoms with Crippen LogP contribution in [0.3, 0.4) is 0 Å². The SMILES string of the molecule is CCN(CC)Cc1cc(-c2ccoc2)c2c(c1O)C(=O)C[C@H](C[C@@H]([C@@H](CO)N(C)C)[C@](O)(CO)C(=O)CC(N)=O)C2. The number of hydrogen-bond acceptors (Lipinski definition) is 10. The Morgan fingerprint density at radius 1 is 1.20 bits per heavy atom. The van der Waals surface area contributed by atoms with Crippen LogP contribution in [0.4, 0.5) is 0 Å². The maximum atomic E-state index is 13.7. The summed E-state index contributed by atoms with van der Waals surface area (Å²) in [4.78, 5) is 42.0. The normalized spacial score (nSPS) is 18.3. The second-order valence-electron chi connectivity index (χ2n) is 11.2. The zero-order valence-corrected chi connectivity index (χ0v) is 24.3. The molecule has 3 rings (SSSR count). The zero-order valence-electron chi connectivity index (χ0n) is 24.3. The summed E-state index contributed by atoms with van der Waals surface area (Å²) in [5.41, 5.74) is 5.86. The summed E-state index contributed by atoms with van der Waals surface area (Å²) >= 11 is 0. The molecule has 11 nitrogen and oxygen atoms in total. The van der Waals surface area contributed by atoms with Crippen LogP contribution in [-0.4, -0.2) is 99.7 Å². The monoisotopic (exact) mass is 573 g/mol. The zero-order chi connectivity index (χ0) is 30.5. The first kappa shape index (κ1) is 32.4. The van der Waals surface area contributed by atoms with Gasteiger partial charge < -0.3 is 35.5 Å². The van der Waals surface area contributed by atoms with Crippen LogP contribution in [0.25, 0.3) is 11.1 Å². The average Bonchev–Trinajstić information content (AvgIpc) is 3.46. The van der Waals surface area contributed by atoms with Gasteiger partial charge in [0.1, 0.15) is 5.75 Å². The number of carbonyl (C=O) groups excluding carboxylic acids is 3. The summed E-state index contributed by atoms with van der Waals surface area (Å²) in [6.45, 7) is 4.62. The molecule has 0 unspecified atom stereocenters. The van der Waals surface area contributed by atoms with E-state index >= 15 is 0 Å². The first-order chi connectivity index (χ1) is 19.4. The highest BCUT2D eigenvalue weighted by molar-refractivity contribution is 6.04. The lowest BCUT2D eigenvalue weighted by Gasteiger charge is -2.42. The number of primary amides is 1. The fraction of sp³-hybridized carbons (Fsp3) is 0.567. The quantitative estimate of drug-likeness (QED) is 0.195. The predicted octanol–water partition coefficient (Wildman–Crippen LogP) is 1.34. The molecule has 1 aromatic heterocycles. The molecule has 2 aromatic rings. The standard InChI is InChI=1S/C30H43N3O8/c1-5-33(6-2)14-20-12-21(19-7-8-41-16-19)22-9-18(11-25(36)28(22)29(20)39)10-23(24(15-34)32(3)4)30(40,17-35)26(37)13-27(31)38/h7-8,12,16,18,23-24,34-35,39-40H,5-6,9-11,13-15,17H2,1-4H3,(H2,31,38)/t18-,23-,24+,30+/m0/s1. The van der Waals surface area contributed by atoms with Crippen LogP contribution in [0.1, 0.15) is 54.6 Å². The van der Waals surface area contributed by atoms with E-state index in [0.29, 0.717) is 24.1 Å². The van der Waals surface area contributed by atoms with Crippen molar-refractivity contribution in [3.05, 3.63) is 41.3 Å². The number of hydrogen-bond donors (Lipinski definition) is 5. The van der Waals surface area contributed by atoms with Crippen LogP contribution in [0, 0.1) is 11.8 Å². The summed E-state index contributed by atoms with van der Waals surface area (Å²) in [6, 6.07) is 2.88. The highest BCUT2D eigenvalue weighted by Gasteiger charge is 2.49. The Balaban J connectivity index is 2.09. The second kappa shape index (κ2) is 13.7. The molecule has 0 saturated heterocycles. The van der Waals surface area contributed by atoms with Gasteiger partial charge in [0.15, 0.2) is 17.2 Å². The number of Topliss-reactive ketones (excluding diaryl/α,β-unsaturated/α-hetero) is 2. The van der Waals surface area contributed by atoms with E-state index in [2.05, 4.69) is 4.90 Å². The van der Waals surface area contributed by atoms with Crippen LogP contribution in [0.15, 0.2) is 29.1 Å². The van der Waals surface area contributed by atoms with Gasteiger partial charge in [-0.2, -0.15) is 0 Å². The average molecular weight is 574 g/mol. The molecule has 1 aliphatic rings. The molecule has 0 spiro atoms. The molecule has 0 bridgehead atoms. The molecule has 0 saturated carbocycles. The Kier molecular flexibility index (Phi) is 10.8. The van der Waals surface area contributed by atoms with E-state index in [0.717, 1.165) is 24.2 Å². The van der Waals surface area contributed by atoms with E-state index < -0.39 is 54.8 Å². The fourth-order valence-electron chi connectivity index (χ4n) is 6.06. The Morgan fingerprint density at radius 2 is 1.88 bits per heavy atom. The number of rotatable bonds is 15. The molecular formula is C30H43N3O8. The van der Waals surface area contributed by atoms with E-state index in [1.807, 2.05) is 19.9 Å². The van der Waals surface area contributed by atoms with E-state index in [9.17, 15) is 34.8 Å². The van der Waals surface area contributed by atoms with Crippen molar-refractivity contribution < 1.29 is 39.2 Å². The van der Waals surface area contributed by atoms with Crippen LogP contribution in [0.2, 0.25) is 0 Å². The molecule has 41 heavy (non-hydrogen) atoms. The third kappa shape index (κ3) is 6.87. The van der Waals surface area contributed by atoms with Crippen molar-refractivity contribution >= 4 is 17.5 Å². The van der Waals surface area contributed by atoms with Gasteiger partial charge >= 0.3 is 0 Å². The van der Waals surface area contributed by atoms with Crippen LogP contribution in [-0.2, 0) is 22.6 Å². The molecule has 1 aromatic carbocycles. The predicted molar refractivity (Wildman–Crippen MR) is 152 cm³/mol. The van der Waals surface area contributed by atoms with E-state index in [-0.39, 0.29) is 29.9 Å². The summed E-state index contributed by atoms with van der Waals surface area (Å²) < 4.78 is 5.33. The van der Waals surface area contributed by atoms with Crippen LogP contribution >= 0.6 is 0 Å². The molecule has 1 aliphatic carbocycles. The smallest absolute Gasteiger partial charge is 0.224 e. The van der Waals surface area contributed by atoms with Gasteiger partial charge in [-0.1, -0.05) is 13.8 Å². The highest BCUT2D eigenvalue weighted by atomic mass is 16.3. The van der Waals surface area contributed by atoms with E-state index in [1.54, 1.807) is 31.3 Å². The number of nitrogens with two attached hydrogens (primary N) is 1. The molecule has 1 amide bonds. The molecule has 4 atom stereocenters. The molecule has 0 fully saturated rings. The maximum absolute atomic E-state index is 13.7. The summed E-state index contributed by atoms with van der Waals surface area (Å²) in [7, 11) is 3.33. The number of benzene rings is 1. The maximum Gasteiger partial charge on any atom is 0.224 e. The number of fused-ring (bicyclic) bond motifs is 1. The van der Waals surface area contributed by atoms with E-state index in [1.165, 1.54) is 6.26 Å². The van der Waals surface area contributed by atoms with Crippen molar-refractivity contribution in [3.8, 4) is 16.9 Å². The van der Waals surface area contributed by atoms with Gasteiger partial charge in [-0.05, 0) is 69.2 Å². The molecule has 1 heterocycles. The van der Waals surface area contributed by atoms with Crippen molar-refractivity contribution in [1.29, 1.82) is 0 Å². The Morgan fingerprint density at radius 3 is 2.39 bits per heavy atom. The Labute approximate surface area is 240 Å². The first-order valence-electron chi connectivity index (χ1n) is 14.0. The minimum atomic E-state index is -2.38. The number of aliphatic hydroxyl groups is 3. The van der Waals surface area contributed by atoms with Crippen molar-refractivity contribution in [2.45, 2.75) is 57.7 Å². The number of furan rings is 1. The number of phenolic OH excluding ortho intramolecular Hbond substituents is 1. The van der Waals surface area contributed by atoms with Crippen molar-refractivity contribution in [1.82, 2.24) is 9.80 Å². The first-order valence-corrected chi connectivity index (χ1v) is 14.0. The van der Waals surface area contributed by atoms with Gasteiger partial charge in [0.05, 0.1) is 37.7 Å². The number of phenols is 1. The minimum absolute atomic E-state index is 0.0215. The molecule has 0 radical (unpaired) electrons. The van der Waals surface area contributed by atoms with E-state index in [4.69, 9.17) is 10.2 Å². The summed E-state index contributed by atoms with van der Waals surface area (Å²) in [5.74, 6) is -3.67. The molecule has 0 aliphatic heterocycles. The van der Waals surface area contributed by atoms with Gasteiger partial charge in [-0.15, -0.1) is 0 Å². The number of amides is 1. The van der Waals surface area contributed by atoms with Crippen molar-refractivity contribution in [3.63, 3.8) is 0 Å². The molecular weight excluding hydrogens is 530 g/mol. The fourth-order valence-corrected chi connectivity index (χ4v) is 6.06. The second-order valence-corrected chi connectivity index (χ2v) is 11.2. The minimum Gasteiger partial charge on any atom is -0.507 e.